The molecule has 2 aromatic heterocycles. The van der Waals surface area contributed by atoms with Crippen LogP contribution < -0.4 is 5.32 Å². The fraction of sp³-hybridized carbons (Fsp3) is 0.391. The molecule has 154 valence electrons. The van der Waals surface area contributed by atoms with E-state index in [1.807, 2.05) is 43.3 Å². The number of aromatic nitrogens is 2. The molecule has 1 aliphatic carbocycles. The molecule has 30 heavy (non-hydrogen) atoms. The van der Waals surface area contributed by atoms with Gasteiger partial charge in [-0.25, -0.2) is 4.98 Å². The minimum atomic E-state index is -0.230. The summed E-state index contributed by atoms with van der Waals surface area (Å²) in [6, 6.07) is 11.3. The third-order valence-electron chi connectivity index (χ3n) is 5.98. The zero-order valence-corrected chi connectivity index (χ0v) is 16.9. The highest BCUT2D eigenvalue weighted by molar-refractivity contribution is 6.06. The number of hydrogen-bond acceptors (Lipinski definition) is 5. The molecular formula is C23H24N4O3. The van der Waals surface area contributed by atoms with Gasteiger partial charge in [-0.15, -0.1) is 0 Å². The molecule has 0 unspecified atom stereocenters. The van der Waals surface area contributed by atoms with Crippen LogP contribution in [0.1, 0.15) is 53.3 Å². The number of aryl methyl sites for hydroxylation is 1. The molecule has 1 saturated carbocycles. The number of anilines is 1. The van der Waals surface area contributed by atoms with E-state index in [0.29, 0.717) is 41.4 Å². The minimum Gasteiger partial charge on any atom is -0.338 e. The van der Waals surface area contributed by atoms with Crippen LogP contribution in [0.2, 0.25) is 0 Å². The van der Waals surface area contributed by atoms with Crippen molar-refractivity contribution < 1.29 is 14.1 Å². The summed E-state index contributed by atoms with van der Waals surface area (Å²) in [6.45, 7) is 2.87. The first-order valence-corrected chi connectivity index (χ1v) is 10.5. The van der Waals surface area contributed by atoms with E-state index < -0.39 is 0 Å². The van der Waals surface area contributed by atoms with Gasteiger partial charge in [0, 0.05) is 30.4 Å². The molecule has 0 spiro atoms. The average Bonchev–Trinajstić information content (AvgIpc) is 3.56. The molecule has 7 nitrogen and oxygen atoms in total. The molecule has 3 heterocycles. The number of piperidine rings is 1. The molecule has 7 heteroatoms. The average molecular weight is 404 g/mol. The van der Waals surface area contributed by atoms with Crippen molar-refractivity contribution in [3.05, 3.63) is 53.3 Å². The Labute approximate surface area is 174 Å². The lowest BCUT2D eigenvalue weighted by Gasteiger charge is -2.32. The smallest absolute Gasteiger partial charge is 0.259 e. The number of pyridine rings is 1. The summed E-state index contributed by atoms with van der Waals surface area (Å²) in [7, 11) is 0. The summed E-state index contributed by atoms with van der Waals surface area (Å²) in [5.41, 5.74) is 3.35. The maximum atomic E-state index is 13.5. The SMILES string of the molecule is Cc1noc2nc(C3CC3)cc(C(=O)N3CCC[C@@H](C(=O)Nc4ccccc4)C3)c12. The normalized spacial score (nSPS) is 19.1. The molecule has 2 amide bonds. The molecule has 0 radical (unpaired) electrons. The van der Waals surface area contributed by atoms with Gasteiger partial charge < -0.3 is 14.7 Å². The number of fused-ring (bicyclic) bond motifs is 1. The van der Waals surface area contributed by atoms with Crippen LogP contribution >= 0.6 is 0 Å². The molecule has 3 aromatic rings. The first-order chi connectivity index (χ1) is 14.6. The van der Waals surface area contributed by atoms with Gasteiger partial charge in [-0.3, -0.25) is 9.59 Å². The van der Waals surface area contributed by atoms with Crippen molar-refractivity contribution in [3.8, 4) is 0 Å². The summed E-state index contributed by atoms with van der Waals surface area (Å²) in [6.07, 6.45) is 3.74. The second-order valence-corrected chi connectivity index (χ2v) is 8.26. The molecule has 1 aliphatic heterocycles. The van der Waals surface area contributed by atoms with Gasteiger partial charge in [0.15, 0.2) is 0 Å². The topological polar surface area (TPSA) is 88.3 Å². The van der Waals surface area contributed by atoms with Gasteiger partial charge in [-0.2, -0.15) is 0 Å². The molecular weight excluding hydrogens is 380 g/mol. The Kier molecular flexibility index (Phi) is 4.73. The summed E-state index contributed by atoms with van der Waals surface area (Å²) < 4.78 is 5.38. The van der Waals surface area contributed by atoms with Gasteiger partial charge in [0.2, 0.25) is 5.91 Å². The maximum absolute atomic E-state index is 13.5. The van der Waals surface area contributed by atoms with Crippen LogP contribution in [0.5, 0.6) is 0 Å². The van der Waals surface area contributed by atoms with Crippen molar-refractivity contribution in [1.82, 2.24) is 15.0 Å². The second-order valence-electron chi connectivity index (χ2n) is 8.26. The van der Waals surface area contributed by atoms with Crippen LogP contribution in [0.15, 0.2) is 40.9 Å². The van der Waals surface area contributed by atoms with E-state index in [9.17, 15) is 9.59 Å². The van der Waals surface area contributed by atoms with Crippen LogP contribution in [-0.2, 0) is 4.79 Å². The lowest BCUT2D eigenvalue weighted by Crippen LogP contribution is -2.43. The van der Waals surface area contributed by atoms with Crippen LogP contribution in [0.25, 0.3) is 11.1 Å². The molecule has 1 aromatic carbocycles. The Morgan fingerprint density at radius 2 is 1.97 bits per heavy atom. The van der Waals surface area contributed by atoms with Crippen molar-refractivity contribution in [2.24, 2.45) is 5.92 Å². The van der Waals surface area contributed by atoms with Crippen LogP contribution in [0.4, 0.5) is 5.69 Å². The van der Waals surface area contributed by atoms with E-state index >= 15 is 0 Å². The monoisotopic (exact) mass is 404 g/mol. The largest absolute Gasteiger partial charge is 0.338 e. The molecule has 2 aliphatic rings. The summed E-state index contributed by atoms with van der Waals surface area (Å²) >= 11 is 0. The van der Waals surface area contributed by atoms with E-state index in [4.69, 9.17) is 4.52 Å². The fourth-order valence-corrected chi connectivity index (χ4v) is 4.18. The van der Waals surface area contributed by atoms with Gasteiger partial charge in [0.05, 0.1) is 22.6 Å². The number of rotatable bonds is 4. The van der Waals surface area contributed by atoms with Crippen molar-refractivity contribution in [2.45, 2.75) is 38.5 Å². The first-order valence-electron chi connectivity index (χ1n) is 10.5. The quantitative estimate of drug-likeness (QED) is 0.712. The number of nitrogens with one attached hydrogen (secondary N) is 1. The predicted molar refractivity (Wildman–Crippen MR) is 112 cm³/mol. The Balaban J connectivity index is 1.38. The van der Waals surface area contributed by atoms with E-state index in [2.05, 4.69) is 15.5 Å². The van der Waals surface area contributed by atoms with Crippen molar-refractivity contribution in [1.29, 1.82) is 0 Å². The van der Waals surface area contributed by atoms with Gasteiger partial charge >= 0.3 is 0 Å². The maximum Gasteiger partial charge on any atom is 0.259 e. The van der Waals surface area contributed by atoms with Gasteiger partial charge in [0.25, 0.3) is 11.6 Å². The van der Waals surface area contributed by atoms with Crippen molar-refractivity contribution in [2.75, 3.05) is 18.4 Å². The molecule has 1 atom stereocenters. The minimum absolute atomic E-state index is 0.0431. The van der Waals surface area contributed by atoms with Gasteiger partial charge in [-0.1, -0.05) is 23.4 Å². The number of nitrogens with zero attached hydrogens (tertiary/aromatic N) is 3. The van der Waals surface area contributed by atoms with Crippen LogP contribution in [0.3, 0.4) is 0 Å². The standard InChI is InChI=1S/C23H24N4O3/c1-14-20-18(12-19(15-9-10-15)25-22(20)30-26-14)23(29)27-11-5-6-16(13-27)21(28)24-17-7-3-2-4-8-17/h2-4,7-8,12,15-16H,5-6,9-11,13H2,1H3,(H,24,28)/t16-/m1/s1. The number of carbonyl (C=O) groups is 2. The molecule has 1 saturated heterocycles. The van der Waals surface area contributed by atoms with Crippen molar-refractivity contribution in [3.63, 3.8) is 0 Å². The van der Waals surface area contributed by atoms with Gasteiger partial charge in [-0.05, 0) is 50.8 Å². The number of hydrogen-bond donors (Lipinski definition) is 1. The highest BCUT2D eigenvalue weighted by Crippen LogP contribution is 2.40. The third kappa shape index (κ3) is 3.56. The zero-order chi connectivity index (χ0) is 20.7. The lowest BCUT2D eigenvalue weighted by molar-refractivity contribution is -0.121. The number of benzene rings is 1. The molecule has 2 fully saturated rings. The van der Waals surface area contributed by atoms with E-state index in [0.717, 1.165) is 37.1 Å². The summed E-state index contributed by atoms with van der Waals surface area (Å²) in [5.74, 6) is 0.0510. The predicted octanol–water partition coefficient (Wildman–Crippen LogP) is 3.90. The van der Waals surface area contributed by atoms with E-state index in [-0.39, 0.29) is 17.7 Å². The van der Waals surface area contributed by atoms with E-state index in [1.165, 1.54) is 0 Å². The zero-order valence-electron chi connectivity index (χ0n) is 16.9. The van der Waals surface area contributed by atoms with E-state index in [1.54, 1.807) is 4.90 Å². The van der Waals surface area contributed by atoms with Crippen LogP contribution in [-0.4, -0.2) is 39.9 Å². The lowest BCUT2D eigenvalue weighted by atomic mass is 9.96. The summed E-state index contributed by atoms with van der Waals surface area (Å²) in [4.78, 5) is 32.6. The Morgan fingerprint density at radius 1 is 1.17 bits per heavy atom. The molecule has 5 rings (SSSR count). The second kappa shape index (κ2) is 7.55. The first kappa shape index (κ1) is 18.8. The molecule has 0 bridgehead atoms. The number of carbonyl (C=O) groups excluding carboxylic acids is 2. The van der Waals surface area contributed by atoms with Crippen molar-refractivity contribution >= 4 is 28.6 Å². The Morgan fingerprint density at radius 3 is 2.73 bits per heavy atom. The fourth-order valence-electron chi connectivity index (χ4n) is 4.18. The van der Waals surface area contributed by atoms with Crippen LogP contribution in [0, 0.1) is 12.8 Å². The molecule has 1 N–H and O–H groups in total. The Hall–Kier alpha value is -3.22. The summed E-state index contributed by atoms with van der Waals surface area (Å²) in [5, 5.41) is 7.67. The highest BCUT2D eigenvalue weighted by atomic mass is 16.5. The number of likely N-dealkylation sites (tertiary alicyclic amines) is 1. The number of amides is 2. The Bertz CT molecular complexity index is 1100. The third-order valence-corrected chi connectivity index (χ3v) is 5.98. The highest BCUT2D eigenvalue weighted by Gasteiger charge is 2.33. The van der Waals surface area contributed by atoms with Gasteiger partial charge in [0.1, 0.15) is 0 Å². The number of para-hydroxylation sites is 1.